The molecule has 230 valence electrons. The van der Waals surface area contributed by atoms with Crippen LogP contribution in [0.2, 0.25) is 0 Å². The van der Waals surface area contributed by atoms with Crippen molar-refractivity contribution < 1.29 is 28.9 Å². The fourth-order valence-electron chi connectivity index (χ4n) is 5.21. The number of aromatic hydroxyl groups is 1. The first kappa shape index (κ1) is 32.4. The summed E-state index contributed by atoms with van der Waals surface area (Å²) in [7, 11) is 0. The number of Topliss-reactive ketones (excluding diaryl/α,β-unsaturated/α-hetero) is 1. The molecule has 3 N–H and O–H groups in total. The average Bonchev–Trinajstić information content (AvgIpc) is 3.00. The lowest BCUT2D eigenvalue weighted by atomic mass is 9.85. The van der Waals surface area contributed by atoms with Crippen LogP contribution >= 0.6 is 0 Å². The van der Waals surface area contributed by atoms with Gasteiger partial charge in [-0.05, 0) is 73.1 Å². The number of nitrogens with one attached hydrogen (secondary N) is 1. The Labute approximate surface area is 258 Å². The van der Waals surface area contributed by atoms with Gasteiger partial charge in [0.1, 0.15) is 23.1 Å². The van der Waals surface area contributed by atoms with Crippen molar-refractivity contribution in [1.82, 2.24) is 5.32 Å². The van der Waals surface area contributed by atoms with Gasteiger partial charge >= 0.3 is 0 Å². The van der Waals surface area contributed by atoms with Crippen LogP contribution in [0.3, 0.4) is 0 Å². The lowest BCUT2D eigenvalue weighted by molar-refractivity contribution is 0.0718. The summed E-state index contributed by atoms with van der Waals surface area (Å²) >= 11 is 0. The van der Waals surface area contributed by atoms with Crippen molar-refractivity contribution in [3.8, 4) is 17.2 Å². The van der Waals surface area contributed by atoms with E-state index in [0.717, 1.165) is 30.5 Å². The van der Waals surface area contributed by atoms with Crippen LogP contribution in [0.5, 0.6) is 17.2 Å². The molecule has 0 aliphatic carbocycles. The van der Waals surface area contributed by atoms with Crippen LogP contribution in [0.1, 0.15) is 65.8 Å². The number of phenols is 1. The average molecular weight is 598 g/mol. The number of amides is 1. The molecule has 1 amide bonds. The Morgan fingerprint density at radius 2 is 1.52 bits per heavy atom. The molecule has 0 radical (unpaired) electrons. The Balaban J connectivity index is 1.51. The van der Waals surface area contributed by atoms with Crippen LogP contribution in [-0.4, -0.2) is 34.0 Å². The van der Waals surface area contributed by atoms with Crippen LogP contribution in [0.15, 0.2) is 103 Å². The quantitative estimate of drug-likeness (QED) is 0.122. The Morgan fingerprint density at radius 3 is 2.20 bits per heavy atom. The summed E-state index contributed by atoms with van der Waals surface area (Å²) in [5.41, 5.74) is 1.36. The number of aliphatic hydroxyl groups is 1. The number of aliphatic hydroxyl groups excluding tert-OH is 1. The molecule has 4 aromatic carbocycles. The number of benzene rings is 4. The van der Waals surface area contributed by atoms with Crippen molar-refractivity contribution in [2.45, 2.75) is 58.1 Å². The number of carbonyl (C=O) groups is 2. The fraction of sp³-hybridized carbons (Fsp3) is 0.297. The van der Waals surface area contributed by atoms with Gasteiger partial charge in [0, 0.05) is 18.1 Å². The Morgan fingerprint density at radius 1 is 0.841 bits per heavy atom. The number of carbonyl (C=O) groups excluding carboxylic acids is 2. The van der Waals surface area contributed by atoms with Gasteiger partial charge in [-0.2, -0.15) is 0 Å². The van der Waals surface area contributed by atoms with Crippen LogP contribution in [0.25, 0.3) is 0 Å². The maximum absolute atomic E-state index is 13.5. The minimum Gasteiger partial charge on any atom is -0.507 e. The molecule has 0 saturated heterocycles. The number of para-hydroxylation sites is 1. The molecule has 0 bridgehead atoms. The molecule has 4 aromatic rings. The first-order valence-corrected chi connectivity index (χ1v) is 15.1. The third-order valence-electron chi connectivity index (χ3n) is 7.62. The third-order valence-corrected chi connectivity index (χ3v) is 7.62. The Bertz CT molecular complexity index is 1510. The third kappa shape index (κ3) is 9.78. The molecule has 0 saturated carbocycles. The van der Waals surface area contributed by atoms with Gasteiger partial charge in [0.25, 0.3) is 5.91 Å². The standard InChI is InChI=1S/C37H40FNO5/c1-25(2)16-17-27(21-34(40)28-12-9-15-31(23-28)44-30-13-7-4-8-14-30)22-36(42)33(20-26-10-5-3-6-11-26)39-37(43)32-19-18-29(38)24-35(32)41/h3-15,18-19,23-25,27,33,36,41-42H,16-17,20-22H2,1-2H3,(H,39,43)/t27-,33+,36+/m1/s1. The summed E-state index contributed by atoms with van der Waals surface area (Å²) in [6.45, 7) is 4.24. The van der Waals surface area contributed by atoms with E-state index in [1.165, 1.54) is 6.07 Å². The van der Waals surface area contributed by atoms with E-state index in [2.05, 4.69) is 19.2 Å². The van der Waals surface area contributed by atoms with Crippen molar-refractivity contribution in [1.29, 1.82) is 0 Å². The van der Waals surface area contributed by atoms with Gasteiger partial charge in [0.05, 0.1) is 17.7 Å². The maximum Gasteiger partial charge on any atom is 0.255 e. The predicted molar refractivity (Wildman–Crippen MR) is 170 cm³/mol. The molecule has 3 atom stereocenters. The summed E-state index contributed by atoms with van der Waals surface area (Å²) in [5.74, 6) is -0.298. The second-order valence-electron chi connectivity index (χ2n) is 11.6. The fourth-order valence-corrected chi connectivity index (χ4v) is 5.21. The van der Waals surface area contributed by atoms with Gasteiger partial charge in [0.15, 0.2) is 5.78 Å². The highest BCUT2D eigenvalue weighted by atomic mass is 19.1. The summed E-state index contributed by atoms with van der Waals surface area (Å²) in [6, 6.07) is 28.4. The molecule has 0 spiro atoms. The zero-order valence-electron chi connectivity index (χ0n) is 25.2. The molecule has 0 fully saturated rings. The van der Waals surface area contributed by atoms with Gasteiger partial charge in [-0.3, -0.25) is 9.59 Å². The van der Waals surface area contributed by atoms with Crippen molar-refractivity contribution in [3.05, 3.63) is 126 Å². The Kier molecular flexibility index (Phi) is 11.7. The zero-order chi connectivity index (χ0) is 31.5. The molecule has 0 aliphatic rings. The van der Waals surface area contributed by atoms with Crippen LogP contribution in [0, 0.1) is 17.7 Å². The summed E-state index contributed by atoms with van der Waals surface area (Å²) in [4.78, 5) is 26.6. The first-order chi connectivity index (χ1) is 21.2. The topological polar surface area (TPSA) is 95.9 Å². The number of ether oxygens (including phenoxy) is 1. The molecule has 6 nitrogen and oxygen atoms in total. The molecular formula is C37H40FNO5. The lowest BCUT2D eigenvalue weighted by Gasteiger charge is -2.28. The van der Waals surface area contributed by atoms with Crippen molar-refractivity contribution in [2.24, 2.45) is 11.8 Å². The molecular weight excluding hydrogens is 557 g/mol. The zero-order valence-corrected chi connectivity index (χ0v) is 25.2. The number of halogens is 1. The van der Waals surface area contributed by atoms with Crippen LogP contribution in [-0.2, 0) is 6.42 Å². The molecule has 0 unspecified atom stereocenters. The first-order valence-electron chi connectivity index (χ1n) is 15.1. The van der Waals surface area contributed by atoms with E-state index >= 15 is 0 Å². The van der Waals surface area contributed by atoms with Gasteiger partial charge in [-0.1, -0.05) is 80.9 Å². The normalized spacial score (nSPS) is 13.2. The largest absolute Gasteiger partial charge is 0.507 e. The highest BCUT2D eigenvalue weighted by molar-refractivity contribution is 5.97. The van der Waals surface area contributed by atoms with E-state index in [9.17, 15) is 24.2 Å². The van der Waals surface area contributed by atoms with Crippen molar-refractivity contribution >= 4 is 11.7 Å². The number of hydrogen-bond donors (Lipinski definition) is 3. The van der Waals surface area contributed by atoms with E-state index in [1.54, 1.807) is 24.3 Å². The van der Waals surface area contributed by atoms with E-state index in [-0.39, 0.29) is 30.1 Å². The molecule has 44 heavy (non-hydrogen) atoms. The van der Waals surface area contributed by atoms with Crippen LogP contribution in [0.4, 0.5) is 4.39 Å². The maximum atomic E-state index is 13.5. The molecule has 0 aromatic heterocycles. The predicted octanol–water partition coefficient (Wildman–Crippen LogP) is 7.74. The van der Waals surface area contributed by atoms with E-state index in [4.69, 9.17) is 4.74 Å². The monoisotopic (exact) mass is 597 g/mol. The summed E-state index contributed by atoms with van der Waals surface area (Å²) in [5, 5.41) is 24.6. The highest BCUT2D eigenvalue weighted by Crippen LogP contribution is 2.28. The highest BCUT2D eigenvalue weighted by Gasteiger charge is 2.28. The lowest BCUT2D eigenvalue weighted by Crippen LogP contribution is -2.45. The minimum atomic E-state index is -0.987. The second kappa shape index (κ2) is 15.8. The minimum absolute atomic E-state index is 0.0515. The van der Waals surface area contributed by atoms with Crippen molar-refractivity contribution in [3.63, 3.8) is 0 Å². The molecule has 7 heteroatoms. The SMILES string of the molecule is CC(C)CC[C@H](CC(=O)c1cccc(Oc2ccccc2)c1)C[C@H](O)[C@H](Cc1ccccc1)NC(=O)c1ccc(F)cc1O. The van der Waals surface area contributed by atoms with E-state index < -0.39 is 29.6 Å². The van der Waals surface area contributed by atoms with Gasteiger partial charge < -0.3 is 20.3 Å². The van der Waals surface area contributed by atoms with Gasteiger partial charge in [-0.15, -0.1) is 0 Å². The van der Waals surface area contributed by atoms with Crippen molar-refractivity contribution in [2.75, 3.05) is 0 Å². The number of phenolic OH excluding ortho intramolecular Hbond substituents is 1. The van der Waals surface area contributed by atoms with E-state index in [1.807, 2.05) is 60.7 Å². The molecule has 4 rings (SSSR count). The van der Waals surface area contributed by atoms with E-state index in [0.29, 0.717) is 29.4 Å². The number of rotatable bonds is 15. The number of ketones is 1. The number of hydrogen-bond acceptors (Lipinski definition) is 5. The van der Waals surface area contributed by atoms with Gasteiger partial charge in [0.2, 0.25) is 0 Å². The Hall–Kier alpha value is -4.49. The summed E-state index contributed by atoms with van der Waals surface area (Å²) < 4.78 is 19.5. The molecule has 0 heterocycles. The second-order valence-corrected chi connectivity index (χ2v) is 11.6. The summed E-state index contributed by atoms with van der Waals surface area (Å²) in [6.07, 6.45) is 1.46. The smallest absolute Gasteiger partial charge is 0.255 e. The van der Waals surface area contributed by atoms with Gasteiger partial charge in [-0.25, -0.2) is 4.39 Å². The molecule has 0 aliphatic heterocycles. The van der Waals surface area contributed by atoms with Crippen LogP contribution < -0.4 is 10.1 Å².